The third-order valence-electron chi connectivity index (χ3n) is 3.41. The molecule has 3 rings (SSSR count). The van der Waals surface area contributed by atoms with Crippen molar-refractivity contribution in [2.75, 3.05) is 7.11 Å². The molecule has 0 atom stereocenters. The summed E-state index contributed by atoms with van der Waals surface area (Å²) in [5, 5.41) is 13.9. The van der Waals surface area contributed by atoms with Gasteiger partial charge >= 0.3 is 0 Å². The highest BCUT2D eigenvalue weighted by molar-refractivity contribution is 9.10. The summed E-state index contributed by atoms with van der Waals surface area (Å²) in [4.78, 5) is 0. The van der Waals surface area contributed by atoms with Crippen molar-refractivity contribution in [3.05, 3.63) is 58.6 Å². The highest BCUT2D eigenvalue weighted by Crippen LogP contribution is 2.36. The molecule has 1 heterocycles. The van der Waals surface area contributed by atoms with E-state index in [0.717, 1.165) is 21.3 Å². The van der Waals surface area contributed by atoms with Gasteiger partial charge < -0.3 is 14.4 Å². The van der Waals surface area contributed by atoms with Crippen LogP contribution in [0.25, 0.3) is 22.6 Å². The number of ether oxygens (including phenoxy) is 1. The SMILES string of the molecule is COc1cccc(-c2onc(-c3ccccc3Br)c2CO)c1. The molecule has 4 nitrogen and oxygen atoms in total. The van der Waals surface area contributed by atoms with Gasteiger partial charge in [-0.2, -0.15) is 0 Å². The van der Waals surface area contributed by atoms with E-state index < -0.39 is 0 Å². The van der Waals surface area contributed by atoms with Crippen molar-refractivity contribution in [2.24, 2.45) is 0 Å². The number of rotatable bonds is 4. The molecule has 22 heavy (non-hydrogen) atoms. The zero-order valence-corrected chi connectivity index (χ0v) is 13.5. The molecule has 0 saturated carbocycles. The summed E-state index contributed by atoms with van der Waals surface area (Å²) >= 11 is 3.50. The van der Waals surface area contributed by atoms with E-state index in [4.69, 9.17) is 9.26 Å². The van der Waals surface area contributed by atoms with Crippen LogP contribution in [0.3, 0.4) is 0 Å². The molecule has 3 aromatic rings. The number of methoxy groups -OCH3 is 1. The van der Waals surface area contributed by atoms with Crippen LogP contribution >= 0.6 is 15.9 Å². The lowest BCUT2D eigenvalue weighted by Gasteiger charge is -2.04. The van der Waals surface area contributed by atoms with Crippen molar-refractivity contribution in [2.45, 2.75) is 6.61 Å². The van der Waals surface area contributed by atoms with Crippen molar-refractivity contribution < 1.29 is 14.4 Å². The summed E-state index contributed by atoms with van der Waals surface area (Å²) in [5.41, 5.74) is 2.98. The number of aromatic nitrogens is 1. The Bertz CT molecular complexity index is 798. The Morgan fingerprint density at radius 1 is 1.18 bits per heavy atom. The van der Waals surface area contributed by atoms with Crippen molar-refractivity contribution in [1.29, 1.82) is 0 Å². The zero-order chi connectivity index (χ0) is 15.5. The minimum absolute atomic E-state index is 0.160. The molecule has 0 aliphatic carbocycles. The predicted octanol–water partition coefficient (Wildman–Crippen LogP) is 4.27. The fraction of sp³-hybridized carbons (Fsp3) is 0.118. The van der Waals surface area contributed by atoms with Gasteiger partial charge in [0.15, 0.2) is 5.76 Å². The molecule has 0 bridgehead atoms. The highest BCUT2D eigenvalue weighted by atomic mass is 79.9. The molecule has 112 valence electrons. The summed E-state index contributed by atoms with van der Waals surface area (Å²) in [7, 11) is 1.61. The maximum atomic E-state index is 9.78. The Morgan fingerprint density at radius 3 is 2.73 bits per heavy atom. The van der Waals surface area contributed by atoms with Gasteiger partial charge in [0.2, 0.25) is 0 Å². The number of benzene rings is 2. The van der Waals surface area contributed by atoms with E-state index in [0.29, 0.717) is 17.0 Å². The summed E-state index contributed by atoms with van der Waals surface area (Å²) in [6.07, 6.45) is 0. The maximum absolute atomic E-state index is 9.78. The molecule has 1 aromatic heterocycles. The lowest BCUT2D eigenvalue weighted by molar-refractivity contribution is 0.281. The Labute approximate surface area is 136 Å². The minimum atomic E-state index is -0.160. The van der Waals surface area contributed by atoms with E-state index >= 15 is 0 Å². The average molecular weight is 360 g/mol. The van der Waals surface area contributed by atoms with Gasteiger partial charge in [-0.3, -0.25) is 0 Å². The Morgan fingerprint density at radius 2 is 2.00 bits per heavy atom. The van der Waals surface area contributed by atoms with Crippen molar-refractivity contribution in [3.8, 4) is 28.3 Å². The molecule has 0 spiro atoms. The van der Waals surface area contributed by atoms with Crippen LogP contribution in [0.1, 0.15) is 5.56 Å². The number of aliphatic hydroxyl groups is 1. The second-order valence-electron chi connectivity index (χ2n) is 4.71. The zero-order valence-electron chi connectivity index (χ0n) is 11.9. The molecule has 2 aromatic carbocycles. The van der Waals surface area contributed by atoms with Crippen LogP contribution < -0.4 is 4.74 Å². The van der Waals surface area contributed by atoms with Crippen LogP contribution in [0.5, 0.6) is 5.75 Å². The Hall–Kier alpha value is -2.11. The first kappa shape index (κ1) is 14.8. The van der Waals surface area contributed by atoms with Gasteiger partial charge in [-0.15, -0.1) is 0 Å². The highest BCUT2D eigenvalue weighted by Gasteiger charge is 2.20. The van der Waals surface area contributed by atoms with E-state index in [1.54, 1.807) is 7.11 Å². The van der Waals surface area contributed by atoms with E-state index in [1.807, 2.05) is 48.5 Å². The van der Waals surface area contributed by atoms with Crippen LogP contribution in [-0.2, 0) is 6.61 Å². The standard InChI is InChI=1S/C17H14BrNO3/c1-21-12-6-4-5-11(9-12)17-14(10-20)16(19-22-17)13-7-2-3-8-15(13)18/h2-9,20H,10H2,1H3. The lowest BCUT2D eigenvalue weighted by atomic mass is 10.0. The first-order valence-electron chi connectivity index (χ1n) is 6.73. The Kier molecular flexibility index (Phi) is 4.27. The monoisotopic (exact) mass is 359 g/mol. The first-order chi connectivity index (χ1) is 10.7. The number of hydrogen-bond acceptors (Lipinski definition) is 4. The smallest absolute Gasteiger partial charge is 0.173 e. The molecule has 0 amide bonds. The quantitative estimate of drug-likeness (QED) is 0.755. The summed E-state index contributed by atoms with van der Waals surface area (Å²) in [6.45, 7) is -0.160. The van der Waals surface area contributed by atoms with Gasteiger partial charge in [0.25, 0.3) is 0 Å². The van der Waals surface area contributed by atoms with Crippen LogP contribution in [0.2, 0.25) is 0 Å². The molecule has 0 radical (unpaired) electrons. The molecule has 5 heteroatoms. The third kappa shape index (κ3) is 2.65. The summed E-state index contributed by atoms with van der Waals surface area (Å²) in [5.74, 6) is 1.27. The van der Waals surface area contributed by atoms with Gasteiger partial charge in [-0.05, 0) is 18.2 Å². The molecule has 0 fully saturated rings. The largest absolute Gasteiger partial charge is 0.497 e. The topological polar surface area (TPSA) is 55.5 Å². The van der Waals surface area contributed by atoms with Crippen molar-refractivity contribution in [1.82, 2.24) is 5.16 Å². The minimum Gasteiger partial charge on any atom is -0.497 e. The lowest BCUT2D eigenvalue weighted by Crippen LogP contribution is -1.90. The molecule has 0 unspecified atom stereocenters. The summed E-state index contributed by atoms with van der Waals surface area (Å²) in [6, 6.07) is 15.2. The summed E-state index contributed by atoms with van der Waals surface area (Å²) < 4.78 is 11.6. The second-order valence-corrected chi connectivity index (χ2v) is 5.56. The fourth-order valence-corrected chi connectivity index (χ4v) is 2.78. The van der Waals surface area contributed by atoms with Crippen LogP contribution in [0, 0.1) is 0 Å². The van der Waals surface area contributed by atoms with Crippen molar-refractivity contribution >= 4 is 15.9 Å². The van der Waals surface area contributed by atoms with Gasteiger partial charge in [-0.1, -0.05) is 51.4 Å². The van der Waals surface area contributed by atoms with Crippen LogP contribution in [0.15, 0.2) is 57.5 Å². The normalized spacial score (nSPS) is 10.7. The predicted molar refractivity (Wildman–Crippen MR) is 87.5 cm³/mol. The molecular weight excluding hydrogens is 346 g/mol. The maximum Gasteiger partial charge on any atom is 0.173 e. The van der Waals surface area contributed by atoms with E-state index in [2.05, 4.69) is 21.1 Å². The van der Waals surface area contributed by atoms with Gasteiger partial charge in [0, 0.05) is 15.6 Å². The van der Waals surface area contributed by atoms with E-state index in [1.165, 1.54) is 0 Å². The first-order valence-corrected chi connectivity index (χ1v) is 7.52. The van der Waals surface area contributed by atoms with Gasteiger partial charge in [-0.25, -0.2) is 0 Å². The Balaban J connectivity index is 2.13. The number of halogens is 1. The molecule has 0 aliphatic heterocycles. The van der Waals surface area contributed by atoms with E-state index in [-0.39, 0.29) is 6.61 Å². The van der Waals surface area contributed by atoms with Crippen LogP contribution in [0.4, 0.5) is 0 Å². The van der Waals surface area contributed by atoms with Gasteiger partial charge in [0.1, 0.15) is 11.4 Å². The second kappa shape index (κ2) is 6.34. The molecular formula is C17H14BrNO3. The molecule has 0 aliphatic rings. The van der Waals surface area contributed by atoms with Crippen molar-refractivity contribution in [3.63, 3.8) is 0 Å². The number of nitrogens with zero attached hydrogens (tertiary/aromatic N) is 1. The fourth-order valence-electron chi connectivity index (χ4n) is 2.31. The van der Waals surface area contributed by atoms with Crippen LogP contribution in [-0.4, -0.2) is 17.4 Å². The number of hydrogen-bond donors (Lipinski definition) is 1. The third-order valence-corrected chi connectivity index (χ3v) is 4.10. The average Bonchev–Trinajstić information content (AvgIpc) is 2.99. The number of aliphatic hydroxyl groups excluding tert-OH is 1. The van der Waals surface area contributed by atoms with E-state index in [9.17, 15) is 5.11 Å². The molecule has 0 saturated heterocycles. The van der Waals surface area contributed by atoms with Gasteiger partial charge in [0.05, 0.1) is 19.3 Å². The molecule has 1 N–H and O–H groups in total.